The van der Waals surface area contributed by atoms with E-state index in [0.717, 1.165) is 0 Å². The fraction of sp³-hybridized carbons (Fsp3) is 0.263. The van der Waals surface area contributed by atoms with Gasteiger partial charge in [0.1, 0.15) is 13.2 Å². The van der Waals surface area contributed by atoms with Gasteiger partial charge in [0, 0.05) is 11.8 Å². The van der Waals surface area contributed by atoms with Crippen molar-refractivity contribution in [2.75, 3.05) is 25.3 Å². The van der Waals surface area contributed by atoms with Crippen LogP contribution in [0.4, 0.5) is 5.69 Å². The van der Waals surface area contributed by atoms with E-state index in [4.69, 9.17) is 35.3 Å². The molecular weight excluding hydrogens is 390 g/mol. The Hall–Kier alpha value is -3.13. The number of fused-ring (bicyclic) bond motifs is 2. The third kappa shape index (κ3) is 3.63. The quantitative estimate of drug-likeness (QED) is 0.781. The molecule has 0 spiro atoms. The minimum atomic E-state index is -1.04. The first-order chi connectivity index (χ1) is 13.5. The van der Waals surface area contributed by atoms with Crippen molar-refractivity contribution < 1.29 is 33.3 Å². The summed E-state index contributed by atoms with van der Waals surface area (Å²) in [6, 6.07) is 7.88. The summed E-state index contributed by atoms with van der Waals surface area (Å²) in [5.41, 5.74) is 0.663. The third-order valence-corrected chi connectivity index (χ3v) is 4.41. The molecule has 2 aromatic rings. The zero-order valence-corrected chi connectivity index (χ0v) is 15.6. The molecule has 2 aromatic carbocycles. The maximum absolute atomic E-state index is 12.4. The molecule has 1 atom stereocenters. The molecular formula is C19H16ClNO7. The monoisotopic (exact) mass is 405 g/mol. The largest absolute Gasteiger partial charge is 0.486 e. The second-order valence-corrected chi connectivity index (χ2v) is 6.49. The number of nitrogens with one attached hydrogen (secondary N) is 1. The highest BCUT2D eigenvalue weighted by Gasteiger charge is 2.24. The molecule has 2 aliphatic heterocycles. The summed E-state index contributed by atoms with van der Waals surface area (Å²) in [6.45, 7) is 2.35. The second kappa shape index (κ2) is 7.47. The summed E-state index contributed by atoms with van der Waals surface area (Å²) < 4.78 is 26.6. The number of halogens is 1. The summed E-state index contributed by atoms with van der Waals surface area (Å²) in [5, 5.41) is 2.90. The molecule has 4 rings (SSSR count). The maximum Gasteiger partial charge on any atom is 0.339 e. The van der Waals surface area contributed by atoms with Gasteiger partial charge in [-0.3, -0.25) is 4.79 Å². The standard InChI is InChI=1S/C19H16ClNO7/c1-10(18(22)21-12-2-3-14-15(8-12)27-9-26-14)28-19(23)11-6-13(20)17-16(7-11)24-4-5-25-17/h2-3,6-8,10H,4-5,9H2,1H3,(H,21,22)/t10-/m0/s1. The van der Waals surface area contributed by atoms with Crippen molar-refractivity contribution in [3.8, 4) is 23.0 Å². The molecule has 0 aromatic heterocycles. The van der Waals surface area contributed by atoms with Crippen LogP contribution in [0.5, 0.6) is 23.0 Å². The molecule has 0 saturated carbocycles. The molecule has 28 heavy (non-hydrogen) atoms. The molecule has 146 valence electrons. The topological polar surface area (TPSA) is 92.3 Å². The molecule has 9 heteroatoms. The molecule has 1 amide bonds. The average molecular weight is 406 g/mol. The van der Waals surface area contributed by atoms with Crippen LogP contribution >= 0.6 is 11.6 Å². The van der Waals surface area contributed by atoms with Crippen molar-refractivity contribution >= 4 is 29.2 Å². The fourth-order valence-corrected chi connectivity index (χ4v) is 2.99. The summed E-state index contributed by atoms with van der Waals surface area (Å²) in [4.78, 5) is 24.8. The van der Waals surface area contributed by atoms with Crippen molar-refractivity contribution in [2.45, 2.75) is 13.0 Å². The average Bonchev–Trinajstić information content (AvgIpc) is 3.15. The number of anilines is 1. The SMILES string of the molecule is C[C@H](OC(=O)c1cc(Cl)c2c(c1)OCCO2)C(=O)Nc1ccc2c(c1)OCO2. The van der Waals surface area contributed by atoms with E-state index in [2.05, 4.69) is 5.32 Å². The van der Waals surface area contributed by atoms with Crippen LogP contribution in [0.1, 0.15) is 17.3 Å². The van der Waals surface area contributed by atoms with E-state index in [1.807, 2.05) is 0 Å². The van der Waals surface area contributed by atoms with E-state index in [1.54, 1.807) is 18.2 Å². The van der Waals surface area contributed by atoms with Crippen LogP contribution in [0, 0.1) is 0 Å². The van der Waals surface area contributed by atoms with Gasteiger partial charge in [0.25, 0.3) is 5.91 Å². The number of hydrogen-bond acceptors (Lipinski definition) is 7. The van der Waals surface area contributed by atoms with Crippen LogP contribution in [-0.2, 0) is 9.53 Å². The van der Waals surface area contributed by atoms with E-state index >= 15 is 0 Å². The highest BCUT2D eigenvalue weighted by molar-refractivity contribution is 6.32. The highest BCUT2D eigenvalue weighted by Crippen LogP contribution is 2.38. The van der Waals surface area contributed by atoms with Crippen molar-refractivity contribution in [3.05, 3.63) is 40.9 Å². The molecule has 0 saturated heterocycles. The predicted molar refractivity (Wildman–Crippen MR) is 98.5 cm³/mol. The minimum absolute atomic E-state index is 0.138. The Labute approximate surface area is 165 Å². The second-order valence-electron chi connectivity index (χ2n) is 6.09. The highest BCUT2D eigenvalue weighted by atomic mass is 35.5. The summed E-state index contributed by atoms with van der Waals surface area (Å²) in [6.07, 6.45) is -1.04. The molecule has 0 aliphatic carbocycles. The van der Waals surface area contributed by atoms with Crippen LogP contribution in [0.15, 0.2) is 30.3 Å². The molecule has 2 heterocycles. The Balaban J connectivity index is 1.41. The smallest absolute Gasteiger partial charge is 0.339 e. The summed E-state index contributed by atoms with van der Waals surface area (Å²) in [7, 11) is 0. The number of esters is 1. The summed E-state index contributed by atoms with van der Waals surface area (Å²) >= 11 is 6.13. The van der Waals surface area contributed by atoms with Gasteiger partial charge in [-0.25, -0.2) is 4.79 Å². The number of carbonyl (C=O) groups is 2. The first kappa shape index (κ1) is 18.2. The Morgan fingerprint density at radius 3 is 2.68 bits per heavy atom. The molecule has 2 aliphatic rings. The van der Waals surface area contributed by atoms with Gasteiger partial charge in [-0.15, -0.1) is 0 Å². The molecule has 0 fully saturated rings. The Morgan fingerprint density at radius 2 is 1.82 bits per heavy atom. The fourth-order valence-electron chi connectivity index (χ4n) is 2.73. The lowest BCUT2D eigenvalue weighted by atomic mass is 10.2. The van der Waals surface area contributed by atoms with Gasteiger partial charge in [0.15, 0.2) is 29.1 Å². The van der Waals surface area contributed by atoms with E-state index in [1.165, 1.54) is 19.1 Å². The lowest BCUT2D eigenvalue weighted by Gasteiger charge is -2.20. The van der Waals surface area contributed by atoms with Gasteiger partial charge >= 0.3 is 5.97 Å². The number of benzene rings is 2. The molecule has 8 nitrogen and oxygen atoms in total. The molecule has 0 radical (unpaired) electrons. The minimum Gasteiger partial charge on any atom is -0.486 e. The van der Waals surface area contributed by atoms with Gasteiger partial charge in [0.05, 0.1) is 10.6 Å². The van der Waals surface area contributed by atoms with E-state index in [-0.39, 0.29) is 17.4 Å². The van der Waals surface area contributed by atoms with Crippen LogP contribution in [0.25, 0.3) is 0 Å². The zero-order valence-electron chi connectivity index (χ0n) is 14.8. The number of carbonyl (C=O) groups excluding carboxylic acids is 2. The summed E-state index contributed by atoms with van der Waals surface area (Å²) in [5.74, 6) is 0.700. The van der Waals surface area contributed by atoms with Gasteiger partial charge in [-0.1, -0.05) is 11.6 Å². The Kier molecular flexibility index (Phi) is 4.87. The number of ether oxygens (including phenoxy) is 5. The first-order valence-electron chi connectivity index (χ1n) is 8.52. The Bertz CT molecular complexity index is 946. The van der Waals surface area contributed by atoms with E-state index < -0.39 is 18.0 Å². The van der Waals surface area contributed by atoms with Gasteiger partial charge < -0.3 is 29.0 Å². The third-order valence-electron chi connectivity index (χ3n) is 4.13. The maximum atomic E-state index is 12.4. The number of rotatable bonds is 4. The zero-order chi connectivity index (χ0) is 19.7. The van der Waals surface area contributed by atoms with E-state index in [9.17, 15) is 9.59 Å². The van der Waals surface area contributed by atoms with E-state index in [0.29, 0.717) is 41.9 Å². The molecule has 1 N–H and O–H groups in total. The van der Waals surface area contributed by atoms with Gasteiger partial charge in [0.2, 0.25) is 6.79 Å². The van der Waals surface area contributed by atoms with Crippen LogP contribution < -0.4 is 24.3 Å². The van der Waals surface area contributed by atoms with Gasteiger partial charge in [-0.2, -0.15) is 0 Å². The lowest BCUT2D eigenvalue weighted by Crippen LogP contribution is -2.30. The number of hydrogen-bond donors (Lipinski definition) is 1. The van der Waals surface area contributed by atoms with Gasteiger partial charge in [-0.05, 0) is 31.2 Å². The lowest BCUT2D eigenvalue weighted by molar-refractivity contribution is -0.123. The van der Waals surface area contributed by atoms with Crippen molar-refractivity contribution in [2.24, 2.45) is 0 Å². The Morgan fingerprint density at radius 1 is 1.04 bits per heavy atom. The van der Waals surface area contributed by atoms with Crippen LogP contribution in [-0.4, -0.2) is 38.0 Å². The van der Waals surface area contributed by atoms with Crippen molar-refractivity contribution in [1.29, 1.82) is 0 Å². The van der Waals surface area contributed by atoms with Crippen LogP contribution in [0.3, 0.4) is 0 Å². The number of amides is 1. The van der Waals surface area contributed by atoms with Crippen molar-refractivity contribution in [1.82, 2.24) is 0 Å². The molecule has 0 bridgehead atoms. The van der Waals surface area contributed by atoms with Crippen LogP contribution in [0.2, 0.25) is 5.02 Å². The predicted octanol–water partition coefficient (Wildman–Crippen LogP) is 3.02. The first-order valence-corrected chi connectivity index (χ1v) is 8.89. The molecule has 0 unspecified atom stereocenters. The van der Waals surface area contributed by atoms with Crippen molar-refractivity contribution in [3.63, 3.8) is 0 Å². The normalized spacial score (nSPS) is 14.9.